The molecule has 0 atom stereocenters. The van der Waals surface area contributed by atoms with Crippen LogP contribution in [0.1, 0.15) is 5.56 Å². The molecular weight excluding hydrogens is 362 g/mol. The fourth-order valence-corrected chi connectivity index (χ4v) is 3.62. The minimum atomic E-state index is -3.55. The number of nitrogens with zero attached hydrogens (tertiary/aromatic N) is 1. The van der Waals surface area contributed by atoms with Crippen molar-refractivity contribution in [2.24, 2.45) is 0 Å². The number of rotatable bonds is 4. The van der Waals surface area contributed by atoms with Crippen LogP contribution in [0.25, 0.3) is 0 Å². The molecule has 0 amide bonds. The Bertz CT molecular complexity index is 719. The molecule has 0 radical (unpaired) electrons. The van der Waals surface area contributed by atoms with Crippen molar-refractivity contribution in [3.8, 4) is 0 Å². The van der Waals surface area contributed by atoms with Crippen LogP contribution in [0.4, 0.5) is 0 Å². The zero-order chi connectivity index (χ0) is 14.8. The van der Waals surface area contributed by atoms with Crippen LogP contribution in [0.2, 0.25) is 5.02 Å². The molecule has 106 valence electrons. The summed E-state index contributed by atoms with van der Waals surface area (Å²) in [5, 5.41) is 0.403. The van der Waals surface area contributed by atoms with Crippen molar-refractivity contribution in [3.63, 3.8) is 0 Å². The summed E-state index contributed by atoms with van der Waals surface area (Å²) >= 11 is 9.27. The Kier molecular flexibility index (Phi) is 4.86. The van der Waals surface area contributed by atoms with Gasteiger partial charge in [0.15, 0.2) is 0 Å². The molecule has 0 aliphatic carbocycles. The topological polar surface area (TPSA) is 37.4 Å². The predicted molar refractivity (Wildman–Crippen MR) is 84.2 cm³/mol. The van der Waals surface area contributed by atoms with Gasteiger partial charge in [0.1, 0.15) is 0 Å². The van der Waals surface area contributed by atoms with Crippen molar-refractivity contribution in [1.82, 2.24) is 4.31 Å². The van der Waals surface area contributed by atoms with Crippen molar-refractivity contribution in [3.05, 3.63) is 63.6 Å². The average Bonchev–Trinajstić information content (AvgIpc) is 2.41. The molecule has 0 N–H and O–H groups in total. The monoisotopic (exact) mass is 373 g/mol. The van der Waals surface area contributed by atoms with E-state index in [1.54, 1.807) is 19.2 Å². The summed E-state index contributed by atoms with van der Waals surface area (Å²) in [6.45, 7) is 0.288. The van der Waals surface area contributed by atoms with Crippen LogP contribution < -0.4 is 0 Å². The first-order chi connectivity index (χ1) is 9.41. The predicted octanol–water partition coefficient (Wildman–Crippen LogP) is 3.92. The highest BCUT2D eigenvalue weighted by Crippen LogP contribution is 2.22. The molecular formula is C14H13BrClNO2S. The fraction of sp³-hybridized carbons (Fsp3) is 0.143. The third kappa shape index (κ3) is 3.41. The summed E-state index contributed by atoms with van der Waals surface area (Å²) < 4.78 is 27.1. The lowest BCUT2D eigenvalue weighted by molar-refractivity contribution is 0.466. The first kappa shape index (κ1) is 15.5. The Morgan fingerprint density at radius 2 is 1.85 bits per heavy atom. The van der Waals surface area contributed by atoms with E-state index in [0.29, 0.717) is 5.02 Å². The molecule has 0 unspecified atom stereocenters. The molecule has 0 bridgehead atoms. The van der Waals surface area contributed by atoms with E-state index in [1.165, 1.54) is 16.4 Å². The highest BCUT2D eigenvalue weighted by molar-refractivity contribution is 9.10. The van der Waals surface area contributed by atoms with Gasteiger partial charge in [0, 0.05) is 23.1 Å². The third-order valence-electron chi connectivity index (χ3n) is 2.86. The molecule has 0 fully saturated rings. The van der Waals surface area contributed by atoms with E-state index >= 15 is 0 Å². The van der Waals surface area contributed by atoms with Gasteiger partial charge in [0.05, 0.1) is 4.90 Å². The summed E-state index contributed by atoms with van der Waals surface area (Å²) in [5.41, 5.74) is 0.903. The summed E-state index contributed by atoms with van der Waals surface area (Å²) in [6, 6.07) is 13.8. The van der Waals surface area contributed by atoms with Gasteiger partial charge in [0.25, 0.3) is 0 Å². The van der Waals surface area contributed by atoms with Crippen LogP contribution in [0, 0.1) is 0 Å². The van der Waals surface area contributed by atoms with E-state index in [-0.39, 0.29) is 11.4 Å². The molecule has 0 aromatic heterocycles. The number of halogens is 2. The lowest BCUT2D eigenvalue weighted by atomic mass is 10.2. The lowest BCUT2D eigenvalue weighted by Crippen LogP contribution is -2.26. The first-order valence-corrected chi connectivity index (χ1v) is 8.47. The number of benzene rings is 2. The van der Waals surface area contributed by atoms with Crippen LogP contribution in [0.3, 0.4) is 0 Å². The summed E-state index contributed by atoms with van der Waals surface area (Å²) in [7, 11) is -2.00. The van der Waals surface area contributed by atoms with Gasteiger partial charge < -0.3 is 0 Å². The van der Waals surface area contributed by atoms with Gasteiger partial charge in [-0.25, -0.2) is 8.42 Å². The number of hydrogen-bond donors (Lipinski definition) is 0. The molecule has 0 aliphatic rings. The van der Waals surface area contributed by atoms with Gasteiger partial charge >= 0.3 is 0 Å². The average molecular weight is 375 g/mol. The van der Waals surface area contributed by atoms with E-state index in [9.17, 15) is 8.42 Å². The van der Waals surface area contributed by atoms with Crippen LogP contribution >= 0.6 is 27.5 Å². The molecule has 2 rings (SSSR count). The van der Waals surface area contributed by atoms with Crippen molar-refractivity contribution in [2.75, 3.05) is 7.05 Å². The van der Waals surface area contributed by atoms with Crippen LogP contribution in [0.15, 0.2) is 57.9 Å². The molecule has 0 spiro atoms. The molecule has 3 nitrogen and oxygen atoms in total. The number of hydrogen-bond acceptors (Lipinski definition) is 2. The van der Waals surface area contributed by atoms with E-state index < -0.39 is 10.0 Å². The maximum Gasteiger partial charge on any atom is 0.243 e. The van der Waals surface area contributed by atoms with Gasteiger partial charge in [-0.1, -0.05) is 51.8 Å². The second-order valence-electron chi connectivity index (χ2n) is 4.31. The molecule has 0 aliphatic heterocycles. The minimum Gasteiger partial charge on any atom is -0.207 e. The largest absolute Gasteiger partial charge is 0.243 e. The van der Waals surface area contributed by atoms with Crippen LogP contribution in [-0.4, -0.2) is 19.8 Å². The van der Waals surface area contributed by atoms with Gasteiger partial charge in [-0.15, -0.1) is 0 Å². The SMILES string of the molecule is CN(Cc1ccccc1Br)S(=O)(=O)c1cccc(Cl)c1. The van der Waals surface area contributed by atoms with Crippen molar-refractivity contribution in [1.29, 1.82) is 0 Å². The zero-order valence-electron chi connectivity index (χ0n) is 10.8. The summed E-state index contributed by atoms with van der Waals surface area (Å²) in [4.78, 5) is 0.194. The maximum atomic E-state index is 12.5. The normalized spacial score (nSPS) is 11.8. The standard InChI is InChI=1S/C14H13BrClNO2S/c1-17(10-11-5-2-3-8-14(11)15)20(18,19)13-7-4-6-12(16)9-13/h2-9H,10H2,1H3. The molecule has 0 saturated carbocycles. The van der Waals surface area contributed by atoms with Crippen LogP contribution in [0.5, 0.6) is 0 Å². The highest BCUT2D eigenvalue weighted by atomic mass is 79.9. The Morgan fingerprint density at radius 1 is 1.15 bits per heavy atom. The maximum absolute atomic E-state index is 12.5. The van der Waals surface area contributed by atoms with Crippen molar-refractivity contribution >= 4 is 37.6 Å². The van der Waals surface area contributed by atoms with Gasteiger partial charge in [0.2, 0.25) is 10.0 Å². The smallest absolute Gasteiger partial charge is 0.207 e. The Morgan fingerprint density at radius 3 is 2.50 bits per heavy atom. The quantitative estimate of drug-likeness (QED) is 0.813. The Labute approximate surface area is 132 Å². The molecule has 0 heterocycles. The molecule has 2 aromatic carbocycles. The fourth-order valence-electron chi connectivity index (χ4n) is 1.76. The number of sulfonamides is 1. The van der Waals surface area contributed by atoms with Crippen molar-refractivity contribution < 1.29 is 8.42 Å². The van der Waals surface area contributed by atoms with Gasteiger partial charge in [-0.2, -0.15) is 4.31 Å². The zero-order valence-corrected chi connectivity index (χ0v) is 13.9. The summed E-state index contributed by atoms with van der Waals surface area (Å²) in [6.07, 6.45) is 0. The lowest BCUT2D eigenvalue weighted by Gasteiger charge is -2.18. The van der Waals surface area contributed by atoms with E-state index in [1.807, 2.05) is 24.3 Å². The van der Waals surface area contributed by atoms with Crippen LogP contribution in [-0.2, 0) is 16.6 Å². The van der Waals surface area contributed by atoms with E-state index in [4.69, 9.17) is 11.6 Å². The molecule has 6 heteroatoms. The molecule has 0 saturated heterocycles. The first-order valence-electron chi connectivity index (χ1n) is 5.86. The third-order valence-corrected chi connectivity index (χ3v) is 5.66. The second-order valence-corrected chi connectivity index (χ2v) is 7.65. The summed E-state index contributed by atoms with van der Waals surface area (Å²) in [5.74, 6) is 0. The van der Waals surface area contributed by atoms with Gasteiger partial charge in [-0.05, 0) is 29.8 Å². The van der Waals surface area contributed by atoms with Gasteiger partial charge in [-0.3, -0.25) is 0 Å². The Hall–Kier alpha value is -0.880. The highest BCUT2D eigenvalue weighted by Gasteiger charge is 2.21. The Balaban J connectivity index is 2.29. The van der Waals surface area contributed by atoms with E-state index in [2.05, 4.69) is 15.9 Å². The minimum absolute atomic E-state index is 0.194. The van der Waals surface area contributed by atoms with E-state index in [0.717, 1.165) is 10.0 Å². The molecule has 2 aromatic rings. The van der Waals surface area contributed by atoms with Crippen molar-refractivity contribution in [2.45, 2.75) is 11.4 Å². The molecule has 20 heavy (non-hydrogen) atoms. The second kappa shape index (κ2) is 6.26.